The number of phenols is 1. The second-order valence-corrected chi connectivity index (χ2v) is 6.46. The van der Waals surface area contributed by atoms with Gasteiger partial charge in [-0.05, 0) is 31.2 Å². The summed E-state index contributed by atoms with van der Waals surface area (Å²) in [4.78, 5) is 21.2. The van der Waals surface area contributed by atoms with Gasteiger partial charge in [-0.25, -0.2) is 9.97 Å². The Morgan fingerprint density at radius 3 is 2.73 bits per heavy atom. The van der Waals surface area contributed by atoms with Crippen LogP contribution >= 0.6 is 23.2 Å². The van der Waals surface area contributed by atoms with Crippen molar-refractivity contribution in [2.45, 2.75) is 6.92 Å². The molecule has 0 fully saturated rings. The molecule has 0 aliphatic heterocycles. The first-order valence-corrected chi connectivity index (χ1v) is 8.34. The van der Waals surface area contributed by atoms with Crippen molar-refractivity contribution in [3.8, 4) is 17.0 Å². The van der Waals surface area contributed by atoms with Crippen LogP contribution in [-0.2, 0) is 0 Å². The number of anilines is 1. The highest BCUT2D eigenvalue weighted by molar-refractivity contribution is 6.42. The molecule has 0 unspecified atom stereocenters. The number of hydrogen-bond donors (Lipinski definition) is 2. The number of aromatic hydroxyl groups is 1. The van der Waals surface area contributed by atoms with Crippen LogP contribution in [0.3, 0.4) is 0 Å². The Morgan fingerprint density at radius 2 is 2.00 bits per heavy atom. The molecule has 8 heteroatoms. The van der Waals surface area contributed by atoms with Gasteiger partial charge in [-0.15, -0.1) is 0 Å². The number of furan rings is 2. The lowest BCUT2D eigenvalue weighted by Crippen LogP contribution is -2.13. The maximum atomic E-state index is 12.9. The van der Waals surface area contributed by atoms with E-state index in [1.54, 1.807) is 37.4 Å². The van der Waals surface area contributed by atoms with Crippen LogP contribution in [0, 0.1) is 6.92 Å². The summed E-state index contributed by atoms with van der Waals surface area (Å²) in [7, 11) is 0. The number of carbonyl (C=O) groups is 1. The minimum Gasteiger partial charge on any atom is -0.504 e. The van der Waals surface area contributed by atoms with E-state index in [0.29, 0.717) is 32.8 Å². The number of hydrogen-bond acceptors (Lipinski definition) is 5. The highest BCUT2D eigenvalue weighted by Crippen LogP contribution is 2.42. The fourth-order valence-electron chi connectivity index (χ4n) is 2.75. The first-order chi connectivity index (χ1) is 12.4. The van der Waals surface area contributed by atoms with E-state index in [9.17, 15) is 9.90 Å². The Kier molecular flexibility index (Phi) is 3.94. The summed E-state index contributed by atoms with van der Waals surface area (Å²) in [5, 5.41) is 13.5. The van der Waals surface area contributed by atoms with Crippen LogP contribution in [-0.4, -0.2) is 21.0 Å². The van der Waals surface area contributed by atoms with E-state index in [-0.39, 0.29) is 22.5 Å². The molecule has 6 nitrogen and oxygen atoms in total. The minimum absolute atomic E-state index is 0.0441. The van der Waals surface area contributed by atoms with Crippen molar-refractivity contribution in [3.63, 3.8) is 0 Å². The van der Waals surface area contributed by atoms with E-state index in [0.717, 1.165) is 0 Å². The third-order valence-corrected chi connectivity index (χ3v) is 4.61. The average molecular weight is 388 g/mol. The van der Waals surface area contributed by atoms with Crippen LogP contribution in [0.5, 0.6) is 5.75 Å². The Labute approximate surface area is 157 Å². The smallest absolute Gasteiger partial charge is 0.260 e. The molecule has 0 saturated carbocycles. The molecule has 3 heterocycles. The lowest BCUT2D eigenvalue weighted by Gasteiger charge is -2.08. The molecule has 130 valence electrons. The number of fused-ring (bicyclic) bond motifs is 2. The molecule has 26 heavy (non-hydrogen) atoms. The molecule has 4 rings (SSSR count). The van der Waals surface area contributed by atoms with E-state index in [1.165, 1.54) is 6.07 Å². The fourth-order valence-corrected chi connectivity index (χ4v) is 3.05. The van der Waals surface area contributed by atoms with E-state index < -0.39 is 5.91 Å². The topological polar surface area (TPSA) is 88.2 Å². The van der Waals surface area contributed by atoms with Crippen molar-refractivity contribution >= 4 is 46.0 Å². The lowest BCUT2D eigenvalue weighted by atomic mass is 10.0. The maximum Gasteiger partial charge on any atom is 0.260 e. The van der Waals surface area contributed by atoms with Crippen molar-refractivity contribution in [3.05, 3.63) is 58.0 Å². The molecular formula is C18H11Cl2N3O3. The minimum atomic E-state index is -0.414. The Bertz CT molecular complexity index is 1140. The van der Waals surface area contributed by atoms with Gasteiger partial charge in [-0.2, -0.15) is 0 Å². The molecule has 1 aromatic carbocycles. The summed E-state index contributed by atoms with van der Waals surface area (Å²) in [5.74, 6) is 0.0804. The van der Waals surface area contributed by atoms with Crippen LogP contribution in [0.25, 0.3) is 22.4 Å². The zero-order valence-corrected chi connectivity index (χ0v) is 14.9. The molecular weight excluding hydrogens is 377 g/mol. The van der Waals surface area contributed by atoms with Crippen molar-refractivity contribution in [1.29, 1.82) is 0 Å². The molecule has 4 aromatic rings. The molecule has 0 saturated heterocycles. The van der Waals surface area contributed by atoms with Crippen LogP contribution in [0.4, 0.5) is 5.69 Å². The Balaban J connectivity index is 1.79. The summed E-state index contributed by atoms with van der Waals surface area (Å²) in [6.45, 7) is 1.74. The van der Waals surface area contributed by atoms with E-state index in [2.05, 4.69) is 15.3 Å². The molecule has 3 aromatic heterocycles. The Morgan fingerprint density at radius 1 is 1.19 bits per heavy atom. The number of nitrogens with one attached hydrogen (secondary N) is 1. The summed E-state index contributed by atoms with van der Waals surface area (Å²) < 4.78 is 5.55. The first-order valence-electron chi connectivity index (χ1n) is 7.58. The number of carbonyl (C=O) groups excluding carboxylic acids is 1. The second kappa shape index (κ2) is 6.16. The van der Waals surface area contributed by atoms with E-state index in [4.69, 9.17) is 27.6 Å². The zero-order valence-electron chi connectivity index (χ0n) is 13.4. The van der Waals surface area contributed by atoms with Crippen LogP contribution in [0.1, 0.15) is 16.2 Å². The first kappa shape index (κ1) is 16.6. The van der Waals surface area contributed by atoms with Crippen LogP contribution < -0.4 is 5.32 Å². The zero-order chi connectivity index (χ0) is 18.4. The van der Waals surface area contributed by atoms with Gasteiger partial charge in [0.1, 0.15) is 11.4 Å². The molecule has 0 radical (unpaired) electrons. The number of nitrogens with zero attached hydrogens (tertiary/aromatic N) is 2. The van der Waals surface area contributed by atoms with E-state index in [1.807, 2.05) is 0 Å². The number of aromatic nitrogens is 2. The largest absolute Gasteiger partial charge is 0.504 e. The maximum absolute atomic E-state index is 12.9. The molecule has 0 spiro atoms. The van der Waals surface area contributed by atoms with Gasteiger partial charge in [-0.1, -0.05) is 23.2 Å². The lowest BCUT2D eigenvalue weighted by molar-refractivity contribution is 0.102. The van der Waals surface area contributed by atoms with Gasteiger partial charge in [-0.3, -0.25) is 4.79 Å². The quantitative estimate of drug-likeness (QED) is 0.521. The highest BCUT2D eigenvalue weighted by atomic mass is 35.5. The number of aryl methyl sites for hydroxylation is 1. The van der Waals surface area contributed by atoms with Crippen LogP contribution in [0.2, 0.25) is 10.0 Å². The van der Waals surface area contributed by atoms with Gasteiger partial charge >= 0.3 is 0 Å². The normalized spacial score (nSPS) is 11.2. The van der Waals surface area contributed by atoms with Gasteiger partial charge < -0.3 is 14.8 Å². The van der Waals surface area contributed by atoms with Crippen molar-refractivity contribution in [1.82, 2.24) is 9.97 Å². The van der Waals surface area contributed by atoms with Crippen molar-refractivity contribution in [2.24, 2.45) is 0 Å². The van der Waals surface area contributed by atoms with Gasteiger partial charge in [0.25, 0.3) is 5.91 Å². The van der Waals surface area contributed by atoms with Gasteiger partial charge in [0.05, 0.1) is 26.9 Å². The van der Waals surface area contributed by atoms with Crippen molar-refractivity contribution < 1.29 is 14.3 Å². The number of amides is 1. The average Bonchev–Trinajstić information content (AvgIpc) is 3.15. The van der Waals surface area contributed by atoms with Gasteiger partial charge in [0.15, 0.2) is 11.3 Å². The molecule has 0 aliphatic rings. The summed E-state index contributed by atoms with van der Waals surface area (Å²) in [6.07, 6.45) is 1.58. The van der Waals surface area contributed by atoms with Gasteiger partial charge in [0, 0.05) is 18.0 Å². The molecule has 2 N–H and O–H groups in total. The van der Waals surface area contributed by atoms with Crippen LogP contribution in [0.15, 0.2) is 40.9 Å². The number of benzene rings is 2. The number of phenolic OH excluding ortho intramolecular Hbond substituents is 1. The SMILES string of the molecule is Cc1nccc(-c2c(C(=O)Nc3ccc(Cl)c(Cl)c3)c3cc(O)c2o3)n1. The predicted octanol–water partition coefficient (Wildman–Crippen LogP) is 4.90. The third kappa shape index (κ3) is 2.73. The summed E-state index contributed by atoms with van der Waals surface area (Å²) in [6, 6.07) is 7.83. The number of halogens is 2. The van der Waals surface area contributed by atoms with Gasteiger partial charge in [0.2, 0.25) is 0 Å². The van der Waals surface area contributed by atoms with E-state index >= 15 is 0 Å². The predicted molar refractivity (Wildman–Crippen MR) is 99.2 cm³/mol. The van der Waals surface area contributed by atoms with Crippen molar-refractivity contribution in [2.75, 3.05) is 5.32 Å². The summed E-state index contributed by atoms with van der Waals surface area (Å²) >= 11 is 11.9. The molecule has 1 amide bonds. The highest BCUT2D eigenvalue weighted by Gasteiger charge is 2.28. The second-order valence-electron chi connectivity index (χ2n) is 5.65. The molecule has 0 atom stereocenters. The monoisotopic (exact) mass is 387 g/mol. The number of rotatable bonds is 3. The summed E-state index contributed by atoms with van der Waals surface area (Å²) in [5.41, 5.74) is 2.14. The molecule has 0 aliphatic carbocycles. The molecule has 2 bridgehead atoms. The third-order valence-electron chi connectivity index (χ3n) is 3.87. The Hall–Kier alpha value is -2.83. The standard InChI is InChI=1S/C18H11Cl2N3O3/c1-8-21-5-4-12(22-8)15-16(14-7-13(24)17(15)26-14)18(25)23-9-2-3-10(19)11(20)6-9/h2-7,24H,1H3,(H,23,25). The fraction of sp³-hybridized carbons (Fsp3) is 0.0556.